The molecule has 1 nitrogen and oxygen atoms in total. The molecule has 0 bridgehead atoms. The summed E-state index contributed by atoms with van der Waals surface area (Å²) in [6.45, 7) is 7.90. The van der Waals surface area contributed by atoms with Crippen molar-refractivity contribution in [2.24, 2.45) is 5.92 Å². The lowest BCUT2D eigenvalue weighted by atomic mass is 9.99. The van der Waals surface area contributed by atoms with Crippen LogP contribution in [0, 0.1) is 5.92 Å². The van der Waals surface area contributed by atoms with Crippen LogP contribution in [0.5, 0.6) is 0 Å². The predicted molar refractivity (Wildman–Crippen MR) is 134 cm³/mol. The van der Waals surface area contributed by atoms with Gasteiger partial charge in [-0.15, -0.1) is 0 Å². The molecule has 0 aromatic heterocycles. The van der Waals surface area contributed by atoms with Crippen molar-refractivity contribution in [3.8, 4) is 0 Å². The number of aryl methyl sites for hydroxylation is 1. The molecule has 0 N–H and O–H groups in total. The van der Waals surface area contributed by atoms with Crippen molar-refractivity contribution in [1.82, 2.24) is 0 Å². The molecule has 0 aliphatic rings. The highest BCUT2D eigenvalue weighted by atomic mass is 16.5. The molecule has 174 valence electrons. The summed E-state index contributed by atoms with van der Waals surface area (Å²) < 4.78 is 6.26. The van der Waals surface area contributed by atoms with E-state index in [1.165, 1.54) is 115 Å². The van der Waals surface area contributed by atoms with E-state index in [0.29, 0.717) is 12.0 Å². The van der Waals surface area contributed by atoms with Gasteiger partial charge in [0.25, 0.3) is 0 Å². The highest BCUT2D eigenvalue weighted by Gasteiger charge is 2.13. The summed E-state index contributed by atoms with van der Waals surface area (Å²) in [5.74, 6) is 0.650. The quantitative estimate of drug-likeness (QED) is 0.181. The van der Waals surface area contributed by atoms with Gasteiger partial charge in [-0.05, 0) is 37.2 Å². The average Bonchev–Trinajstić information content (AvgIpc) is 2.75. The van der Waals surface area contributed by atoms with Gasteiger partial charge in [-0.25, -0.2) is 0 Å². The topological polar surface area (TPSA) is 9.23 Å². The summed E-state index contributed by atoms with van der Waals surface area (Å²) in [5.41, 5.74) is 1.48. The molecule has 1 aromatic carbocycles. The number of rotatable bonds is 21. The van der Waals surface area contributed by atoms with Crippen LogP contribution in [-0.4, -0.2) is 12.7 Å². The highest BCUT2D eigenvalue weighted by molar-refractivity contribution is 5.14. The molecule has 0 unspecified atom stereocenters. The standard InChI is InChI=1S/C29H52O/c1-4-5-6-7-8-9-10-14-20-25-29(27(2)3)30-26-21-15-12-11-13-17-22-28-23-18-16-19-24-28/h16,18-19,23-24,27,29H,4-15,17,20-22,25-26H2,1-3H3/t29-/m1/s1. The fourth-order valence-corrected chi connectivity index (χ4v) is 4.28. The molecule has 0 aliphatic heterocycles. The maximum Gasteiger partial charge on any atom is 0.0598 e. The molecule has 1 atom stereocenters. The molecule has 1 aromatic rings. The van der Waals surface area contributed by atoms with Crippen LogP contribution in [0.4, 0.5) is 0 Å². The third kappa shape index (κ3) is 15.9. The van der Waals surface area contributed by atoms with Crippen LogP contribution in [0.25, 0.3) is 0 Å². The van der Waals surface area contributed by atoms with E-state index in [4.69, 9.17) is 4.74 Å². The minimum Gasteiger partial charge on any atom is -0.378 e. The lowest BCUT2D eigenvalue weighted by Gasteiger charge is -2.21. The lowest BCUT2D eigenvalue weighted by Crippen LogP contribution is -2.20. The maximum atomic E-state index is 6.26. The van der Waals surface area contributed by atoms with Gasteiger partial charge in [0, 0.05) is 6.61 Å². The van der Waals surface area contributed by atoms with Crippen molar-refractivity contribution >= 4 is 0 Å². The molecule has 1 rings (SSSR count). The Morgan fingerprint density at radius 3 is 1.77 bits per heavy atom. The maximum absolute atomic E-state index is 6.26. The third-order valence-corrected chi connectivity index (χ3v) is 6.37. The fourth-order valence-electron chi connectivity index (χ4n) is 4.28. The Labute approximate surface area is 189 Å². The Hall–Kier alpha value is -0.820. The Bertz CT molecular complexity index is 453. The van der Waals surface area contributed by atoms with Gasteiger partial charge in [-0.2, -0.15) is 0 Å². The molecule has 1 heteroatoms. The summed E-state index contributed by atoms with van der Waals surface area (Å²) in [6, 6.07) is 10.9. The van der Waals surface area contributed by atoms with Crippen LogP contribution in [0.15, 0.2) is 30.3 Å². The number of benzene rings is 1. The van der Waals surface area contributed by atoms with Crippen molar-refractivity contribution in [2.45, 2.75) is 136 Å². The van der Waals surface area contributed by atoms with Gasteiger partial charge >= 0.3 is 0 Å². The van der Waals surface area contributed by atoms with Crippen LogP contribution < -0.4 is 0 Å². The Balaban J connectivity index is 1.91. The Kier molecular flexibility index (Phi) is 18.2. The fraction of sp³-hybridized carbons (Fsp3) is 0.793. The van der Waals surface area contributed by atoms with E-state index in [-0.39, 0.29) is 0 Å². The molecule has 0 spiro atoms. The Morgan fingerprint density at radius 2 is 1.17 bits per heavy atom. The summed E-state index contributed by atoms with van der Waals surface area (Å²) in [5, 5.41) is 0. The van der Waals surface area contributed by atoms with E-state index in [0.717, 1.165) is 6.61 Å². The molecular weight excluding hydrogens is 364 g/mol. The second kappa shape index (κ2) is 20.1. The molecule has 0 heterocycles. The first-order valence-corrected chi connectivity index (χ1v) is 13.4. The molecule has 0 amide bonds. The monoisotopic (exact) mass is 416 g/mol. The van der Waals surface area contributed by atoms with Crippen molar-refractivity contribution in [2.75, 3.05) is 6.61 Å². The minimum atomic E-state index is 0.473. The second-order valence-corrected chi connectivity index (χ2v) is 9.63. The van der Waals surface area contributed by atoms with Crippen LogP contribution in [0.2, 0.25) is 0 Å². The molecule has 0 radical (unpaired) electrons. The number of hydrogen-bond acceptors (Lipinski definition) is 1. The summed E-state index contributed by atoms with van der Waals surface area (Å²) in [4.78, 5) is 0. The van der Waals surface area contributed by atoms with Gasteiger partial charge in [0.15, 0.2) is 0 Å². The van der Waals surface area contributed by atoms with Crippen molar-refractivity contribution in [1.29, 1.82) is 0 Å². The van der Waals surface area contributed by atoms with E-state index >= 15 is 0 Å². The number of hydrogen-bond donors (Lipinski definition) is 0. The Morgan fingerprint density at radius 1 is 0.633 bits per heavy atom. The van der Waals surface area contributed by atoms with Crippen LogP contribution in [-0.2, 0) is 11.2 Å². The molecule has 0 saturated carbocycles. The number of ether oxygens (including phenoxy) is 1. The molecule has 0 saturated heterocycles. The number of unbranched alkanes of at least 4 members (excludes halogenated alkanes) is 13. The van der Waals surface area contributed by atoms with E-state index in [9.17, 15) is 0 Å². The van der Waals surface area contributed by atoms with Gasteiger partial charge < -0.3 is 4.74 Å². The van der Waals surface area contributed by atoms with Crippen LogP contribution >= 0.6 is 0 Å². The largest absolute Gasteiger partial charge is 0.378 e. The summed E-state index contributed by atoms with van der Waals surface area (Å²) in [7, 11) is 0. The van der Waals surface area contributed by atoms with Gasteiger partial charge in [0.1, 0.15) is 0 Å². The van der Waals surface area contributed by atoms with E-state index in [1.54, 1.807) is 0 Å². The van der Waals surface area contributed by atoms with Gasteiger partial charge in [-0.1, -0.05) is 135 Å². The average molecular weight is 417 g/mol. The van der Waals surface area contributed by atoms with E-state index < -0.39 is 0 Å². The van der Waals surface area contributed by atoms with Crippen molar-refractivity contribution < 1.29 is 4.74 Å². The zero-order valence-electron chi connectivity index (χ0n) is 20.7. The first kappa shape index (κ1) is 27.2. The second-order valence-electron chi connectivity index (χ2n) is 9.63. The van der Waals surface area contributed by atoms with Gasteiger partial charge in [0.05, 0.1) is 6.10 Å². The van der Waals surface area contributed by atoms with Crippen molar-refractivity contribution in [3.05, 3.63) is 35.9 Å². The van der Waals surface area contributed by atoms with Gasteiger partial charge in [0.2, 0.25) is 0 Å². The first-order valence-electron chi connectivity index (χ1n) is 13.4. The molecular formula is C29H52O. The van der Waals surface area contributed by atoms with Gasteiger partial charge in [-0.3, -0.25) is 0 Å². The highest BCUT2D eigenvalue weighted by Crippen LogP contribution is 2.18. The summed E-state index contributed by atoms with van der Waals surface area (Å²) >= 11 is 0. The SMILES string of the molecule is CCCCCCCCCCC[C@@H](OCCCCCCCCc1ccccc1)C(C)C. The van der Waals surface area contributed by atoms with Crippen molar-refractivity contribution in [3.63, 3.8) is 0 Å². The normalized spacial score (nSPS) is 12.5. The third-order valence-electron chi connectivity index (χ3n) is 6.37. The first-order chi connectivity index (χ1) is 14.7. The van der Waals surface area contributed by atoms with Crippen LogP contribution in [0.3, 0.4) is 0 Å². The van der Waals surface area contributed by atoms with Crippen LogP contribution in [0.1, 0.15) is 129 Å². The molecule has 30 heavy (non-hydrogen) atoms. The summed E-state index contributed by atoms with van der Waals surface area (Å²) in [6.07, 6.45) is 23.6. The van der Waals surface area contributed by atoms with E-state index in [1.807, 2.05) is 0 Å². The zero-order chi connectivity index (χ0) is 21.7. The predicted octanol–water partition coefficient (Wildman–Crippen LogP) is 9.53. The smallest absolute Gasteiger partial charge is 0.0598 e. The molecule has 0 fully saturated rings. The van der Waals surface area contributed by atoms with E-state index in [2.05, 4.69) is 51.1 Å². The lowest BCUT2D eigenvalue weighted by molar-refractivity contribution is 0.0131. The molecule has 0 aliphatic carbocycles. The minimum absolute atomic E-state index is 0.473. The zero-order valence-corrected chi connectivity index (χ0v) is 20.7.